The van der Waals surface area contributed by atoms with Crippen molar-refractivity contribution in [1.29, 1.82) is 0 Å². The predicted molar refractivity (Wildman–Crippen MR) is 111 cm³/mol. The molecule has 1 N–H and O–H groups in total. The summed E-state index contributed by atoms with van der Waals surface area (Å²) in [6, 6.07) is 6.75. The van der Waals surface area contributed by atoms with E-state index >= 15 is 0 Å². The molecule has 1 aliphatic heterocycles. The minimum Gasteiger partial charge on any atom is -0.325 e. The van der Waals surface area contributed by atoms with Crippen LogP contribution in [0.1, 0.15) is 41.9 Å². The van der Waals surface area contributed by atoms with E-state index in [2.05, 4.69) is 10.3 Å². The van der Waals surface area contributed by atoms with Gasteiger partial charge in [-0.3, -0.25) is 19.3 Å². The van der Waals surface area contributed by atoms with Crippen LogP contribution in [-0.2, 0) is 27.3 Å². The van der Waals surface area contributed by atoms with Crippen LogP contribution < -0.4 is 5.32 Å². The summed E-state index contributed by atoms with van der Waals surface area (Å²) < 4.78 is 0. The number of thiazole rings is 1. The first-order valence-electron chi connectivity index (χ1n) is 9.92. The van der Waals surface area contributed by atoms with Gasteiger partial charge in [0.05, 0.1) is 18.7 Å². The normalized spacial score (nSPS) is 17.3. The molecule has 1 saturated heterocycles. The number of aromatic nitrogens is 1. The van der Waals surface area contributed by atoms with Crippen LogP contribution in [0.25, 0.3) is 0 Å². The zero-order chi connectivity index (χ0) is 21.3. The van der Waals surface area contributed by atoms with Crippen LogP contribution in [0, 0.1) is 6.92 Å². The molecule has 1 aromatic carbocycles. The van der Waals surface area contributed by atoms with Crippen molar-refractivity contribution in [2.75, 3.05) is 5.32 Å². The molecule has 30 heavy (non-hydrogen) atoms. The van der Waals surface area contributed by atoms with E-state index in [1.165, 1.54) is 11.3 Å². The summed E-state index contributed by atoms with van der Waals surface area (Å²) in [5, 5.41) is 5.14. The Morgan fingerprint density at radius 2 is 1.90 bits per heavy atom. The van der Waals surface area contributed by atoms with E-state index in [1.54, 1.807) is 5.38 Å². The molecule has 0 bridgehead atoms. The van der Waals surface area contributed by atoms with Crippen LogP contribution in [-0.4, -0.2) is 44.6 Å². The van der Waals surface area contributed by atoms with E-state index in [1.807, 2.05) is 31.2 Å². The van der Waals surface area contributed by atoms with Crippen molar-refractivity contribution in [2.24, 2.45) is 0 Å². The summed E-state index contributed by atoms with van der Waals surface area (Å²) in [6.45, 7) is 1.85. The molecule has 1 aromatic heterocycles. The molecular weight excluding hydrogens is 404 g/mol. The number of nitrogens with one attached hydrogen (secondary N) is 1. The maximum absolute atomic E-state index is 12.7. The lowest BCUT2D eigenvalue weighted by atomic mass is 10.2. The van der Waals surface area contributed by atoms with Gasteiger partial charge in [-0.25, -0.2) is 14.7 Å². The summed E-state index contributed by atoms with van der Waals surface area (Å²) in [5.41, 5.74) is 2.20. The molecule has 2 aromatic rings. The zero-order valence-corrected chi connectivity index (χ0v) is 17.4. The number of rotatable bonds is 6. The molecule has 2 heterocycles. The van der Waals surface area contributed by atoms with Gasteiger partial charge in [0.1, 0.15) is 5.01 Å². The second-order valence-corrected chi connectivity index (χ2v) is 8.50. The number of imide groups is 2. The number of anilines is 1. The fraction of sp³-hybridized carbons (Fsp3) is 0.381. The van der Waals surface area contributed by atoms with E-state index in [0.717, 1.165) is 46.7 Å². The molecular formula is C21H22N4O4S. The number of benzene rings is 1. The molecule has 2 aliphatic rings. The van der Waals surface area contributed by atoms with Crippen LogP contribution in [0.15, 0.2) is 29.6 Å². The molecule has 0 unspecified atom stereocenters. The van der Waals surface area contributed by atoms with Crippen LogP contribution in [0.5, 0.6) is 0 Å². The van der Waals surface area contributed by atoms with Crippen LogP contribution in [0.4, 0.5) is 10.5 Å². The third-order valence-corrected chi connectivity index (χ3v) is 6.32. The van der Waals surface area contributed by atoms with Crippen LogP contribution in [0.3, 0.4) is 0 Å². The Morgan fingerprint density at radius 1 is 1.17 bits per heavy atom. The summed E-state index contributed by atoms with van der Waals surface area (Å²) in [7, 11) is 0. The molecule has 4 rings (SSSR count). The summed E-state index contributed by atoms with van der Waals surface area (Å²) >= 11 is 1.29. The topological polar surface area (TPSA) is 99.7 Å². The number of hydrogen-bond donors (Lipinski definition) is 1. The Bertz CT molecular complexity index is 1010. The highest BCUT2D eigenvalue weighted by molar-refractivity contribution is 7.09. The number of urea groups is 1. The van der Waals surface area contributed by atoms with Gasteiger partial charge in [-0.05, 0) is 31.4 Å². The quantitative estimate of drug-likeness (QED) is 0.566. The van der Waals surface area contributed by atoms with E-state index in [-0.39, 0.29) is 24.9 Å². The van der Waals surface area contributed by atoms with Crippen molar-refractivity contribution in [1.82, 2.24) is 14.8 Å². The lowest BCUT2D eigenvalue weighted by molar-refractivity contribution is -0.144. The van der Waals surface area contributed by atoms with Gasteiger partial charge in [0.15, 0.2) is 0 Å². The molecule has 1 aliphatic carbocycles. The van der Waals surface area contributed by atoms with Gasteiger partial charge in [-0.1, -0.05) is 31.0 Å². The molecule has 5 amide bonds. The lowest BCUT2D eigenvalue weighted by Gasteiger charge is -2.20. The first-order chi connectivity index (χ1) is 14.4. The first-order valence-corrected chi connectivity index (χ1v) is 10.8. The molecule has 0 atom stereocenters. The first kappa shape index (κ1) is 20.2. The Labute approximate surface area is 177 Å². The van der Waals surface area contributed by atoms with Crippen molar-refractivity contribution in [3.63, 3.8) is 0 Å². The highest BCUT2D eigenvalue weighted by Gasteiger charge is 2.48. The molecule has 1 saturated carbocycles. The van der Waals surface area contributed by atoms with Gasteiger partial charge in [0.2, 0.25) is 5.91 Å². The number of carbonyl (C=O) groups is 4. The van der Waals surface area contributed by atoms with Gasteiger partial charge in [0.25, 0.3) is 0 Å². The third-order valence-electron chi connectivity index (χ3n) is 5.42. The van der Waals surface area contributed by atoms with Gasteiger partial charge >= 0.3 is 17.8 Å². The van der Waals surface area contributed by atoms with E-state index in [0.29, 0.717) is 10.7 Å². The minimum atomic E-state index is -0.807. The smallest absolute Gasteiger partial charge is 0.325 e. The standard InChI is InChI=1S/C21H22N4O4S/c1-13-6-2-5-9-16(13)23-17(26)10-18-22-14(12-30-18)11-24-19(27)20(28)25(21(24)29)15-7-3-4-8-15/h2,5-6,9,12,15H,3-4,7-8,10-11H2,1H3,(H,23,26). The molecule has 0 spiro atoms. The Morgan fingerprint density at radius 3 is 2.63 bits per heavy atom. The monoisotopic (exact) mass is 426 g/mol. The predicted octanol–water partition coefficient (Wildman–Crippen LogP) is 2.87. The van der Waals surface area contributed by atoms with Crippen molar-refractivity contribution < 1.29 is 19.2 Å². The van der Waals surface area contributed by atoms with E-state index in [4.69, 9.17) is 0 Å². The van der Waals surface area contributed by atoms with Gasteiger partial charge in [-0.2, -0.15) is 0 Å². The molecule has 2 fully saturated rings. The highest BCUT2D eigenvalue weighted by atomic mass is 32.1. The van der Waals surface area contributed by atoms with Gasteiger partial charge in [-0.15, -0.1) is 11.3 Å². The maximum atomic E-state index is 12.7. The van der Waals surface area contributed by atoms with Crippen molar-refractivity contribution in [3.8, 4) is 0 Å². The fourth-order valence-corrected chi connectivity index (χ4v) is 4.64. The van der Waals surface area contributed by atoms with Crippen molar-refractivity contribution in [3.05, 3.63) is 45.9 Å². The average molecular weight is 426 g/mol. The molecule has 9 heteroatoms. The second-order valence-electron chi connectivity index (χ2n) is 7.56. The van der Waals surface area contributed by atoms with Crippen molar-refractivity contribution in [2.45, 2.75) is 51.6 Å². The average Bonchev–Trinajstić information content (AvgIpc) is 3.43. The van der Waals surface area contributed by atoms with Crippen molar-refractivity contribution >= 4 is 40.8 Å². The number of amides is 5. The SMILES string of the molecule is Cc1ccccc1NC(=O)Cc1nc(CN2C(=O)C(=O)N(C3CCCC3)C2=O)cs1. The number of para-hydroxylation sites is 1. The number of aryl methyl sites for hydroxylation is 1. The third kappa shape index (κ3) is 3.97. The van der Waals surface area contributed by atoms with Gasteiger partial charge < -0.3 is 5.32 Å². The van der Waals surface area contributed by atoms with E-state index in [9.17, 15) is 19.2 Å². The zero-order valence-electron chi connectivity index (χ0n) is 16.6. The second kappa shape index (κ2) is 8.35. The Balaban J connectivity index is 1.39. The number of hydrogen-bond acceptors (Lipinski definition) is 6. The van der Waals surface area contributed by atoms with Gasteiger partial charge in [0, 0.05) is 17.1 Å². The lowest BCUT2D eigenvalue weighted by Crippen LogP contribution is -2.39. The number of carbonyl (C=O) groups excluding carboxylic acids is 4. The summed E-state index contributed by atoms with van der Waals surface area (Å²) in [4.78, 5) is 56.0. The largest absolute Gasteiger partial charge is 0.334 e. The van der Waals surface area contributed by atoms with Crippen LogP contribution >= 0.6 is 11.3 Å². The summed E-state index contributed by atoms with van der Waals surface area (Å²) in [5.74, 6) is -1.75. The molecule has 156 valence electrons. The number of nitrogens with zero attached hydrogens (tertiary/aromatic N) is 3. The van der Waals surface area contributed by atoms with Crippen LogP contribution in [0.2, 0.25) is 0 Å². The van der Waals surface area contributed by atoms with E-state index < -0.39 is 17.8 Å². The summed E-state index contributed by atoms with van der Waals surface area (Å²) in [6.07, 6.45) is 3.49. The fourth-order valence-electron chi connectivity index (χ4n) is 3.86. The highest BCUT2D eigenvalue weighted by Crippen LogP contribution is 2.28. The minimum absolute atomic E-state index is 0.0669. The molecule has 8 nitrogen and oxygen atoms in total. The maximum Gasteiger partial charge on any atom is 0.334 e. The molecule has 0 radical (unpaired) electrons. The Kier molecular flexibility index (Phi) is 5.63. The Hall–Kier alpha value is -3.07.